The highest BCUT2D eigenvalue weighted by Gasteiger charge is 1.97. The Labute approximate surface area is 81.3 Å². The van der Waals surface area contributed by atoms with Gasteiger partial charge in [0.25, 0.3) is 0 Å². The average Bonchev–Trinajstić information content (AvgIpc) is 2.16. The molecular formula is C10H23NO2. The minimum Gasteiger partial charge on any atom is -0.396 e. The summed E-state index contributed by atoms with van der Waals surface area (Å²) in [6.45, 7) is 3.85. The van der Waals surface area contributed by atoms with Crippen LogP contribution in [0.4, 0.5) is 0 Å². The summed E-state index contributed by atoms with van der Waals surface area (Å²) >= 11 is 0. The minimum absolute atomic E-state index is 0.192. The number of hydrogen-bond donors (Lipinski definition) is 2. The van der Waals surface area contributed by atoms with Gasteiger partial charge >= 0.3 is 0 Å². The van der Waals surface area contributed by atoms with E-state index in [1.165, 1.54) is 0 Å². The van der Waals surface area contributed by atoms with Crippen LogP contribution in [-0.2, 0) is 4.74 Å². The van der Waals surface area contributed by atoms with Crippen molar-refractivity contribution in [1.29, 1.82) is 0 Å². The summed E-state index contributed by atoms with van der Waals surface area (Å²) in [5.74, 6) is 0. The van der Waals surface area contributed by atoms with E-state index in [0.29, 0.717) is 13.2 Å². The van der Waals surface area contributed by atoms with Crippen LogP contribution in [0.1, 0.15) is 39.0 Å². The van der Waals surface area contributed by atoms with Gasteiger partial charge in [-0.05, 0) is 19.3 Å². The zero-order chi connectivity index (χ0) is 9.94. The molecule has 13 heavy (non-hydrogen) atoms. The zero-order valence-corrected chi connectivity index (χ0v) is 8.67. The molecule has 0 spiro atoms. The van der Waals surface area contributed by atoms with Crippen LogP contribution in [0.15, 0.2) is 0 Å². The Morgan fingerprint density at radius 1 is 1.23 bits per heavy atom. The van der Waals surface area contributed by atoms with E-state index in [1.54, 1.807) is 0 Å². The predicted molar refractivity (Wildman–Crippen MR) is 54.6 cm³/mol. The van der Waals surface area contributed by atoms with E-state index in [0.717, 1.165) is 38.7 Å². The van der Waals surface area contributed by atoms with Gasteiger partial charge in [-0.1, -0.05) is 19.8 Å². The molecule has 1 atom stereocenters. The van der Waals surface area contributed by atoms with Crippen molar-refractivity contribution >= 4 is 0 Å². The maximum Gasteiger partial charge on any atom is 0.0617 e. The van der Waals surface area contributed by atoms with Gasteiger partial charge in [0, 0.05) is 19.3 Å². The molecule has 0 aromatic carbocycles. The fourth-order valence-corrected chi connectivity index (χ4v) is 1.02. The molecule has 0 saturated carbocycles. The molecule has 0 heterocycles. The Balaban J connectivity index is 2.91. The minimum atomic E-state index is 0.192. The van der Waals surface area contributed by atoms with E-state index in [2.05, 4.69) is 6.92 Å². The van der Waals surface area contributed by atoms with E-state index in [-0.39, 0.29) is 6.04 Å². The largest absolute Gasteiger partial charge is 0.396 e. The van der Waals surface area contributed by atoms with E-state index in [9.17, 15) is 0 Å². The van der Waals surface area contributed by atoms with Crippen molar-refractivity contribution in [3.8, 4) is 0 Å². The number of aliphatic hydroxyl groups excluding tert-OH is 1. The topological polar surface area (TPSA) is 55.5 Å². The van der Waals surface area contributed by atoms with Crippen molar-refractivity contribution < 1.29 is 9.84 Å². The van der Waals surface area contributed by atoms with Gasteiger partial charge in [0.05, 0.1) is 6.61 Å². The quantitative estimate of drug-likeness (QED) is 0.537. The van der Waals surface area contributed by atoms with Crippen LogP contribution in [0, 0.1) is 0 Å². The third-order valence-electron chi connectivity index (χ3n) is 2.05. The van der Waals surface area contributed by atoms with Gasteiger partial charge in [-0.15, -0.1) is 0 Å². The van der Waals surface area contributed by atoms with Gasteiger partial charge < -0.3 is 15.6 Å². The maximum absolute atomic E-state index is 8.53. The van der Waals surface area contributed by atoms with Crippen molar-refractivity contribution in [3.63, 3.8) is 0 Å². The summed E-state index contributed by atoms with van der Waals surface area (Å²) < 4.78 is 5.38. The maximum atomic E-state index is 8.53. The predicted octanol–water partition coefficient (Wildman–Crippen LogP) is 1.29. The Hall–Kier alpha value is -0.120. The van der Waals surface area contributed by atoms with Crippen LogP contribution in [0.3, 0.4) is 0 Å². The van der Waals surface area contributed by atoms with Gasteiger partial charge in [-0.2, -0.15) is 0 Å². The Morgan fingerprint density at radius 3 is 2.54 bits per heavy atom. The summed E-state index contributed by atoms with van der Waals surface area (Å²) in [4.78, 5) is 0. The lowest BCUT2D eigenvalue weighted by molar-refractivity contribution is 0.115. The van der Waals surface area contributed by atoms with Crippen molar-refractivity contribution in [2.75, 3.05) is 19.8 Å². The second kappa shape index (κ2) is 9.96. The first kappa shape index (κ1) is 12.9. The first-order valence-corrected chi connectivity index (χ1v) is 5.25. The lowest BCUT2D eigenvalue weighted by atomic mass is 10.2. The molecule has 0 saturated heterocycles. The van der Waals surface area contributed by atoms with Gasteiger partial charge in [0.2, 0.25) is 0 Å². The molecule has 0 radical (unpaired) electrons. The lowest BCUT2D eigenvalue weighted by Gasteiger charge is -2.08. The molecular weight excluding hydrogens is 166 g/mol. The molecule has 3 heteroatoms. The number of unbranched alkanes of at least 4 members (excludes halogenated alkanes) is 3. The van der Waals surface area contributed by atoms with E-state index >= 15 is 0 Å². The summed E-state index contributed by atoms with van der Waals surface area (Å²) in [6.07, 6.45) is 5.21. The monoisotopic (exact) mass is 189 g/mol. The highest BCUT2D eigenvalue weighted by atomic mass is 16.5. The van der Waals surface area contributed by atoms with E-state index < -0.39 is 0 Å². The summed E-state index contributed by atoms with van der Waals surface area (Å²) in [7, 11) is 0. The van der Waals surface area contributed by atoms with Gasteiger partial charge in [0.15, 0.2) is 0 Å². The van der Waals surface area contributed by atoms with Crippen LogP contribution in [0.5, 0.6) is 0 Å². The first-order valence-electron chi connectivity index (χ1n) is 5.25. The van der Waals surface area contributed by atoms with Crippen molar-refractivity contribution in [2.45, 2.75) is 45.1 Å². The number of aliphatic hydroxyl groups is 1. The average molecular weight is 189 g/mol. The lowest BCUT2D eigenvalue weighted by Crippen LogP contribution is -2.25. The molecule has 0 amide bonds. The Bertz CT molecular complexity index is 98.9. The molecule has 0 fully saturated rings. The van der Waals surface area contributed by atoms with Crippen molar-refractivity contribution in [2.24, 2.45) is 5.73 Å². The standard InChI is InChI=1S/C10H23NO2/c1-2-10(11)9-13-8-6-4-3-5-7-12/h10,12H,2-9,11H2,1H3. The molecule has 0 aromatic rings. The number of ether oxygens (including phenoxy) is 1. The summed E-state index contributed by atoms with van der Waals surface area (Å²) in [5.41, 5.74) is 5.68. The highest BCUT2D eigenvalue weighted by Crippen LogP contribution is 1.99. The highest BCUT2D eigenvalue weighted by molar-refractivity contribution is 4.55. The summed E-state index contributed by atoms with van der Waals surface area (Å²) in [6, 6.07) is 0.192. The molecule has 0 rings (SSSR count). The smallest absolute Gasteiger partial charge is 0.0617 e. The van der Waals surface area contributed by atoms with Crippen LogP contribution in [0.25, 0.3) is 0 Å². The SMILES string of the molecule is CCC(N)COCCCCCCO. The molecule has 0 aliphatic heterocycles. The van der Waals surface area contributed by atoms with Gasteiger partial charge in [-0.25, -0.2) is 0 Å². The van der Waals surface area contributed by atoms with Crippen LogP contribution < -0.4 is 5.73 Å². The van der Waals surface area contributed by atoms with Gasteiger partial charge in [0.1, 0.15) is 0 Å². The molecule has 0 aromatic heterocycles. The molecule has 1 unspecified atom stereocenters. The third kappa shape index (κ3) is 9.80. The third-order valence-corrected chi connectivity index (χ3v) is 2.05. The molecule has 3 N–H and O–H groups in total. The first-order chi connectivity index (χ1) is 6.31. The van der Waals surface area contributed by atoms with Gasteiger partial charge in [-0.3, -0.25) is 0 Å². The fraction of sp³-hybridized carbons (Fsp3) is 1.00. The van der Waals surface area contributed by atoms with Crippen molar-refractivity contribution in [1.82, 2.24) is 0 Å². The Kier molecular flexibility index (Phi) is 9.87. The molecule has 3 nitrogen and oxygen atoms in total. The van der Waals surface area contributed by atoms with Crippen molar-refractivity contribution in [3.05, 3.63) is 0 Å². The van der Waals surface area contributed by atoms with Crippen LogP contribution in [-0.4, -0.2) is 31.0 Å². The summed E-state index contributed by atoms with van der Waals surface area (Å²) in [5, 5.41) is 8.53. The molecule has 0 aliphatic carbocycles. The van der Waals surface area contributed by atoms with E-state index in [4.69, 9.17) is 15.6 Å². The van der Waals surface area contributed by atoms with Crippen LogP contribution in [0.2, 0.25) is 0 Å². The second-order valence-electron chi connectivity index (χ2n) is 3.38. The number of nitrogens with two attached hydrogens (primary N) is 1. The molecule has 0 bridgehead atoms. The Morgan fingerprint density at radius 2 is 1.92 bits per heavy atom. The van der Waals surface area contributed by atoms with E-state index in [1.807, 2.05) is 0 Å². The van der Waals surface area contributed by atoms with Crippen LogP contribution >= 0.6 is 0 Å². The second-order valence-corrected chi connectivity index (χ2v) is 3.38. The number of rotatable bonds is 9. The normalized spacial score (nSPS) is 13.2. The molecule has 0 aliphatic rings. The zero-order valence-electron chi connectivity index (χ0n) is 8.67. The molecule has 80 valence electrons. The number of hydrogen-bond acceptors (Lipinski definition) is 3. The fourth-order valence-electron chi connectivity index (χ4n) is 1.02.